The number of carbonyl (C=O) groups excluding carboxylic acids is 1. The number of hydrogen-bond donors (Lipinski definition) is 2. The molecule has 3 aromatic rings. The summed E-state index contributed by atoms with van der Waals surface area (Å²) in [6.45, 7) is 6.49. The molecular weight excluding hydrogens is 344 g/mol. The SMILES string of the molecule is CC(C)(C)c1ccc(NC(=O)CSc2n[nH]c(-c3ccccc3)n2)cc1. The van der Waals surface area contributed by atoms with E-state index in [2.05, 4.69) is 41.3 Å². The van der Waals surface area contributed by atoms with Crippen molar-refractivity contribution in [1.82, 2.24) is 15.2 Å². The van der Waals surface area contributed by atoms with Crippen LogP contribution in [0.4, 0.5) is 5.69 Å². The molecule has 26 heavy (non-hydrogen) atoms. The van der Waals surface area contributed by atoms with Gasteiger partial charge in [0.2, 0.25) is 11.1 Å². The van der Waals surface area contributed by atoms with E-state index < -0.39 is 0 Å². The van der Waals surface area contributed by atoms with Gasteiger partial charge in [0, 0.05) is 11.3 Å². The Morgan fingerprint density at radius 2 is 1.77 bits per heavy atom. The lowest BCUT2D eigenvalue weighted by molar-refractivity contribution is -0.113. The molecule has 0 fully saturated rings. The molecule has 0 saturated carbocycles. The molecule has 0 atom stereocenters. The Morgan fingerprint density at radius 3 is 2.42 bits per heavy atom. The third-order valence-corrected chi connectivity index (χ3v) is 4.73. The summed E-state index contributed by atoms with van der Waals surface area (Å²) in [4.78, 5) is 16.6. The smallest absolute Gasteiger partial charge is 0.234 e. The standard InChI is InChI=1S/C20H22N4OS/c1-20(2,3)15-9-11-16(12-10-15)21-17(25)13-26-19-22-18(23-24-19)14-7-5-4-6-8-14/h4-12H,13H2,1-3H3,(H,21,25)(H,22,23,24). The highest BCUT2D eigenvalue weighted by Crippen LogP contribution is 2.24. The zero-order valence-electron chi connectivity index (χ0n) is 15.1. The van der Waals surface area contributed by atoms with Crippen LogP contribution in [0.2, 0.25) is 0 Å². The summed E-state index contributed by atoms with van der Waals surface area (Å²) in [6.07, 6.45) is 0. The van der Waals surface area contributed by atoms with Crippen molar-refractivity contribution in [3.05, 3.63) is 60.2 Å². The molecule has 0 spiro atoms. The van der Waals surface area contributed by atoms with E-state index in [0.717, 1.165) is 11.3 Å². The van der Waals surface area contributed by atoms with Gasteiger partial charge in [-0.05, 0) is 23.1 Å². The number of nitrogens with one attached hydrogen (secondary N) is 2. The summed E-state index contributed by atoms with van der Waals surface area (Å²) in [7, 11) is 0. The maximum Gasteiger partial charge on any atom is 0.234 e. The van der Waals surface area contributed by atoms with Crippen LogP contribution in [0.25, 0.3) is 11.4 Å². The molecule has 1 heterocycles. The van der Waals surface area contributed by atoms with Crippen molar-refractivity contribution < 1.29 is 4.79 Å². The van der Waals surface area contributed by atoms with E-state index in [1.165, 1.54) is 17.3 Å². The first-order valence-corrected chi connectivity index (χ1v) is 9.41. The van der Waals surface area contributed by atoms with Gasteiger partial charge >= 0.3 is 0 Å². The molecule has 0 radical (unpaired) electrons. The number of aromatic nitrogens is 3. The van der Waals surface area contributed by atoms with Gasteiger partial charge in [0.15, 0.2) is 5.82 Å². The normalized spacial score (nSPS) is 11.3. The number of hydrogen-bond acceptors (Lipinski definition) is 4. The molecule has 2 N–H and O–H groups in total. The highest BCUT2D eigenvalue weighted by Gasteiger charge is 2.13. The molecule has 1 amide bonds. The fraction of sp³-hybridized carbons (Fsp3) is 0.250. The van der Waals surface area contributed by atoms with Gasteiger partial charge in [-0.15, -0.1) is 5.10 Å². The topological polar surface area (TPSA) is 70.7 Å². The molecule has 2 aromatic carbocycles. The molecule has 134 valence electrons. The lowest BCUT2D eigenvalue weighted by atomic mass is 9.87. The van der Waals surface area contributed by atoms with Crippen LogP contribution in [-0.2, 0) is 10.2 Å². The van der Waals surface area contributed by atoms with Crippen LogP contribution in [0.15, 0.2) is 59.8 Å². The average Bonchev–Trinajstić information content (AvgIpc) is 3.09. The van der Waals surface area contributed by atoms with Crippen molar-refractivity contribution in [1.29, 1.82) is 0 Å². The fourth-order valence-electron chi connectivity index (χ4n) is 2.42. The number of amides is 1. The van der Waals surface area contributed by atoms with Crippen molar-refractivity contribution in [2.45, 2.75) is 31.3 Å². The van der Waals surface area contributed by atoms with Crippen LogP contribution in [-0.4, -0.2) is 26.8 Å². The van der Waals surface area contributed by atoms with Crippen LogP contribution >= 0.6 is 11.8 Å². The lowest BCUT2D eigenvalue weighted by Crippen LogP contribution is -2.15. The number of H-pyrrole nitrogens is 1. The van der Waals surface area contributed by atoms with E-state index in [9.17, 15) is 4.79 Å². The van der Waals surface area contributed by atoms with Gasteiger partial charge in [0.1, 0.15) is 0 Å². The van der Waals surface area contributed by atoms with Gasteiger partial charge < -0.3 is 5.32 Å². The fourth-order valence-corrected chi connectivity index (χ4v) is 3.02. The van der Waals surface area contributed by atoms with Crippen LogP contribution in [0.5, 0.6) is 0 Å². The number of thioether (sulfide) groups is 1. The number of carbonyl (C=O) groups is 1. The number of anilines is 1. The second-order valence-corrected chi connectivity index (χ2v) is 7.94. The highest BCUT2D eigenvalue weighted by molar-refractivity contribution is 7.99. The number of rotatable bonds is 5. The Kier molecular flexibility index (Phi) is 5.42. The Hall–Kier alpha value is -2.60. The maximum atomic E-state index is 12.1. The predicted octanol–water partition coefficient (Wildman–Crippen LogP) is 4.50. The molecule has 0 aliphatic carbocycles. The van der Waals surface area contributed by atoms with Gasteiger partial charge in [0.05, 0.1) is 5.75 Å². The first-order valence-electron chi connectivity index (χ1n) is 8.43. The van der Waals surface area contributed by atoms with E-state index in [1.54, 1.807) is 0 Å². The quantitative estimate of drug-likeness (QED) is 0.652. The van der Waals surface area contributed by atoms with Crippen LogP contribution in [0, 0.1) is 0 Å². The molecular formula is C20H22N4OS. The molecule has 0 unspecified atom stereocenters. The summed E-state index contributed by atoms with van der Waals surface area (Å²) < 4.78 is 0. The van der Waals surface area contributed by atoms with Crippen LogP contribution in [0.3, 0.4) is 0 Å². The molecule has 1 aromatic heterocycles. The second-order valence-electron chi connectivity index (χ2n) is 7.00. The van der Waals surface area contributed by atoms with Gasteiger partial charge in [-0.2, -0.15) is 0 Å². The maximum absolute atomic E-state index is 12.1. The van der Waals surface area contributed by atoms with Gasteiger partial charge in [0.25, 0.3) is 0 Å². The van der Waals surface area contributed by atoms with Crippen molar-refractivity contribution >= 4 is 23.4 Å². The van der Waals surface area contributed by atoms with Crippen LogP contribution < -0.4 is 5.32 Å². The van der Waals surface area contributed by atoms with E-state index in [1.807, 2.05) is 54.6 Å². The molecule has 5 nitrogen and oxygen atoms in total. The molecule has 6 heteroatoms. The molecule has 3 rings (SSSR count). The molecule has 0 saturated heterocycles. The summed E-state index contributed by atoms with van der Waals surface area (Å²) in [5.41, 5.74) is 3.10. The van der Waals surface area contributed by atoms with E-state index in [4.69, 9.17) is 0 Å². The van der Waals surface area contributed by atoms with Crippen molar-refractivity contribution in [2.75, 3.05) is 11.1 Å². The third-order valence-electron chi connectivity index (χ3n) is 3.88. The second kappa shape index (κ2) is 7.74. The minimum atomic E-state index is -0.0791. The van der Waals surface area contributed by atoms with Crippen molar-refractivity contribution in [3.63, 3.8) is 0 Å². The monoisotopic (exact) mass is 366 g/mol. The van der Waals surface area contributed by atoms with E-state index in [0.29, 0.717) is 11.0 Å². The average molecular weight is 366 g/mol. The Morgan fingerprint density at radius 1 is 1.08 bits per heavy atom. The Labute approximate surface area is 157 Å². The summed E-state index contributed by atoms with van der Waals surface area (Å²) in [5, 5.41) is 10.5. The lowest BCUT2D eigenvalue weighted by Gasteiger charge is -2.19. The Bertz CT molecular complexity index is 867. The predicted molar refractivity (Wildman–Crippen MR) is 106 cm³/mol. The molecule has 0 bridgehead atoms. The van der Waals surface area contributed by atoms with Gasteiger partial charge in [-0.25, -0.2) is 4.98 Å². The van der Waals surface area contributed by atoms with Gasteiger partial charge in [-0.3, -0.25) is 9.89 Å². The van der Waals surface area contributed by atoms with E-state index >= 15 is 0 Å². The summed E-state index contributed by atoms with van der Waals surface area (Å²) >= 11 is 1.31. The zero-order chi connectivity index (χ0) is 18.6. The van der Waals surface area contributed by atoms with Crippen molar-refractivity contribution in [2.24, 2.45) is 0 Å². The zero-order valence-corrected chi connectivity index (χ0v) is 15.9. The number of aromatic amines is 1. The first kappa shape index (κ1) is 18.2. The molecule has 0 aliphatic heterocycles. The Balaban J connectivity index is 1.54. The first-order chi connectivity index (χ1) is 12.4. The van der Waals surface area contributed by atoms with E-state index in [-0.39, 0.29) is 17.1 Å². The van der Waals surface area contributed by atoms with Gasteiger partial charge in [-0.1, -0.05) is 75.0 Å². The third kappa shape index (κ3) is 4.73. The number of benzene rings is 2. The largest absolute Gasteiger partial charge is 0.325 e. The highest BCUT2D eigenvalue weighted by atomic mass is 32.2. The minimum Gasteiger partial charge on any atom is -0.325 e. The summed E-state index contributed by atoms with van der Waals surface area (Å²) in [5.74, 6) is 0.878. The minimum absolute atomic E-state index is 0.0791. The molecule has 0 aliphatic rings. The summed E-state index contributed by atoms with van der Waals surface area (Å²) in [6, 6.07) is 17.7. The number of nitrogens with zero attached hydrogens (tertiary/aromatic N) is 2. The van der Waals surface area contributed by atoms with Crippen LogP contribution in [0.1, 0.15) is 26.3 Å². The van der Waals surface area contributed by atoms with Crippen molar-refractivity contribution in [3.8, 4) is 11.4 Å².